The maximum Gasteiger partial charge on any atom is 0.104 e. The summed E-state index contributed by atoms with van der Waals surface area (Å²) in [5.41, 5.74) is 1.22. The molecule has 0 spiro atoms. The Morgan fingerprint density at radius 1 is 0.692 bits per heavy atom. The van der Waals surface area contributed by atoms with Gasteiger partial charge >= 0.3 is 0 Å². The van der Waals surface area contributed by atoms with Crippen LogP contribution in [0.5, 0.6) is 0 Å². The Morgan fingerprint density at radius 2 is 1.15 bits per heavy atom. The smallest absolute Gasteiger partial charge is 0.104 e. The Labute approximate surface area is 155 Å². The van der Waals surface area contributed by atoms with Gasteiger partial charge in [0.1, 0.15) is 18.3 Å². The lowest BCUT2D eigenvalue weighted by molar-refractivity contribution is 0.0885. The van der Waals surface area contributed by atoms with Crippen LogP contribution in [0.1, 0.15) is 18.4 Å². The quantitative estimate of drug-likeness (QED) is 0.394. The number of benzene rings is 1. The molecule has 0 bridgehead atoms. The van der Waals surface area contributed by atoms with E-state index < -0.39 is 0 Å². The first-order chi connectivity index (χ1) is 12.9. The summed E-state index contributed by atoms with van der Waals surface area (Å²) in [4.78, 5) is 0. The first-order valence-electron chi connectivity index (χ1n) is 9.52. The van der Waals surface area contributed by atoms with E-state index in [0.29, 0.717) is 24.9 Å². The third-order valence-electron chi connectivity index (χ3n) is 4.06. The van der Waals surface area contributed by atoms with Crippen molar-refractivity contribution in [3.8, 4) is 0 Å². The lowest BCUT2D eigenvalue weighted by Crippen LogP contribution is -2.05. The largest absolute Gasteiger partial charge is 0.379 e. The average molecular weight is 366 g/mol. The lowest BCUT2D eigenvalue weighted by atomic mass is 10.2. The molecule has 3 fully saturated rings. The molecule has 6 heteroatoms. The number of unbranched alkanes of at least 4 members (excludes halogenated alkanes) is 1. The molecule has 3 aliphatic rings. The second kappa shape index (κ2) is 11.6. The highest BCUT2D eigenvalue weighted by atomic mass is 16.6. The van der Waals surface area contributed by atoms with Gasteiger partial charge in [0.05, 0.1) is 46.2 Å². The van der Waals surface area contributed by atoms with E-state index >= 15 is 0 Å². The highest BCUT2D eigenvalue weighted by molar-refractivity contribution is 5.13. The molecule has 0 radical (unpaired) electrons. The Balaban J connectivity index is 0.000000152. The van der Waals surface area contributed by atoms with Crippen molar-refractivity contribution in [3.05, 3.63) is 35.9 Å². The molecule has 3 atom stereocenters. The minimum atomic E-state index is 0.369. The van der Waals surface area contributed by atoms with Crippen LogP contribution in [0.3, 0.4) is 0 Å². The summed E-state index contributed by atoms with van der Waals surface area (Å²) < 4.78 is 31.3. The summed E-state index contributed by atoms with van der Waals surface area (Å²) in [5, 5.41) is 0. The Hall–Kier alpha value is -1.02. The standard InChI is InChI=1S/C10H18O4.C10H12O2/c1(3-11-5-9-7-13-9)2-4-12-6-10-8-14-10;1-2-4-9(5-3-1)6-11-7-10-8-12-10/h9-10H,1-8H2;1-5,10H,6-8H2. The van der Waals surface area contributed by atoms with Crippen LogP contribution < -0.4 is 0 Å². The molecule has 4 rings (SSSR count). The molecular formula is C20H30O6. The van der Waals surface area contributed by atoms with Crippen LogP contribution in [0.4, 0.5) is 0 Å². The first-order valence-corrected chi connectivity index (χ1v) is 9.52. The Morgan fingerprint density at radius 3 is 1.62 bits per heavy atom. The molecule has 1 aromatic carbocycles. The first kappa shape index (κ1) is 19.7. The van der Waals surface area contributed by atoms with Crippen LogP contribution in [0.2, 0.25) is 0 Å². The van der Waals surface area contributed by atoms with Gasteiger partial charge in [0.15, 0.2) is 0 Å². The monoisotopic (exact) mass is 366 g/mol. The highest BCUT2D eigenvalue weighted by Gasteiger charge is 2.23. The minimum Gasteiger partial charge on any atom is -0.379 e. The molecule has 3 heterocycles. The minimum absolute atomic E-state index is 0.369. The molecule has 6 nitrogen and oxygen atoms in total. The van der Waals surface area contributed by atoms with E-state index in [-0.39, 0.29) is 0 Å². The molecule has 26 heavy (non-hydrogen) atoms. The van der Waals surface area contributed by atoms with Gasteiger partial charge in [-0.05, 0) is 18.4 Å². The maximum atomic E-state index is 5.42. The fourth-order valence-electron chi connectivity index (χ4n) is 2.21. The van der Waals surface area contributed by atoms with E-state index in [1.54, 1.807) is 0 Å². The van der Waals surface area contributed by atoms with Crippen LogP contribution in [0.25, 0.3) is 0 Å². The van der Waals surface area contributed by atoms with Gasteiger partial charge in [0, 0.05) is 13.2 Å². The lowest BCUT2D eigenvalue weighted by Gasteiger charge is -2.03. The van der Waals surface area contributed by atoms with E-state index in [1.807, 2.05) is 18.2 Å². The van der Waals surface area contributed by atoms with Gasteiger partial charge in [-0.2, -0.15) is 0 Å². The number of hydrogen-bond donors (Lipinski definition) is 0. The molecule has 146 valence electrons. The molecule has 0 aromatic heterocycles. The summed E-state index contributed by atoms with van der Waals surface area (Å²) in [6.45, 7) is 7.22. The second-order valence-corrected chi connectivity index (χ2v) is 6.72. The topological polar surface area (TPSA) is 65.3 Å². The summed E-state index contributed by atoms with van der Waals surface area (Å²) in [6.07, 6.45) is 3.28. The third kappa shape index (κ3) is 10.2. The van der Waals surface area contributed by atoms with E-state index in [0.717, 1.165) is 65.7 Å². The predicted octanol–water partition coefficient (Wildman–Crippen LogP) is 2.20. The van der Waals surface area contributed by atoms with Gasteiger partial charge in [-0.1, -0.05) is 30.3 Å². The summed E-state index contributed by atoms with van der Waals surface area (Å²) in [7, 11) is 0. The van der Waals surface area contributed by atoms with Crippen molar-refractivity contribution in [2.24, 2.45) is 0 Å². The molecule has 3 aliphatic heterocycles. The Kier molecular flexibility index (Phi) is 8.84. The van der Waals surface area contributed by atoms with Crippen molar-refractivity contribution in [1.29, 1.82) is 0 Å². The van der Waals surface area contributed by atoms with E-state index in [9.17, 15) is 0 Å². The average Bonchev–Trinajstić information content (AvgIpc) is 3.51. The van der Waals surface area contributed by atoms with Crippen molar-refractivity contribution >= 4 is 0 Å². The maximum absolute atomic E-state index is 5.42. The predicted molar refractivity (Wildman–Crippen MR) is 96.2 cm³/mol. The zero-order chi connectivity index (χ0) is 17.9. The number of hydrogen-bond acceptors (Lipinski definition) is 6. The summed E-state index contributed by atoms with van der Waals surface area (Å²) in [5.74, 6) is 0. The van der Waals surface area contributed by atoms with Crippen molar-refractivity contribution in [1.82, 2.24) is 0 Å². The highest BCUT2D eigenvalue weighted by Crippen LogP contribution is 2.11. The van der Waals surface area contributed by atoms with Gasteiger partial charge in [-0.15, -0.1) is 0 Å². The van der Waals surface area contributed by atoms with Crippen LogP contribution >= 0.6 is 0 Å². The molecule has 0 N–H and O–H groups in total. The number of epoxide rings is 3. The molecular weight excluding hydrogens is 336 g/mol. The third-order valence-corrected chi connectivity index (χ3v) is 4.06. The molecule has 3 unspecified atom stereocenters. The van der Waals surface area contributed by atoms with E-state index in [2.05, 4.69) is 12.1 Å². The summed E-state index contributed by atoms with van der Waals surface area (Å²) in [6, 6.07) is 10.2. The van der Waals surface area contributed by atoms with E-state index in [4.69, 9.17) is 28.4 Å². The molecule has 3 saturated heterocycles. The number of rotatable bonds is 13. The van der Waals surface area contributed by atoms with Crippen molar-refractivity contribution in [2.45, 2.75) is 37.8 Å². The van der Waals surface area contributed by atoms with Gasteiger partial charge < -0.3 is 28.4 Å². The fourth-order valence-corrected chi connectivity index (χ4v) is 2.21. The van der Waals surface area contributed by atoms with Crippen LogP contribution in [0, 0.1) is 0 Å². The molecule has 1 aromatic rings. The van der Waals surface area contributed by atoms with Gasteiger partial charge in [0.25, 0.3) is 0 Å². The SMILES string of the molecule is C(CCOCC1CO1)COCC1CO1.c1ccc(COCC2CO2)cc1. The molecule has 0 amide bonds. The zero-order valence-corrected chi connectivity index (χ0v) is 15.3. The van der Waals surface area contributed by atoms with Crippen LogP contribution in [-0.4, -0.2) is 71.2 Å². The zero-order valence-electron chi connectivity index (χ0n) is 15.3. The normalized spacial score (nSPS) is 25.3. The van der Waals surface area contributed by atoms with E-state index in [1.165, 1.54) is 5.56 Å². The number of ether oxygens (including phenoxy) is 6. The summed E-state index contributed by atoms with van der Waals surface area (Å²) >= 11 is 0. The molecule has 0 saturated carbocycles. The van der Waals surface area contributed by atoms with Gasteiger partial charge in [-0.25, -0.2) is 0 Å². The Bertz CT molecular complexity index is 452. The second-order valence-electron chi connectivity index (χ2n) is 6.72. The van der Waals surface area contributed by atoms with Crippen LogP contribution in [-0.2, 0) is 35.0 Å². The fraction of sp³-hybridized carbons (Fsp3) is 0.700. The van der Waals surface area contributed by atoms with Gasteiger partial charge in [-0.3, -0.25) is 0 Å². The van der Waals surface area contributed by atoms with Crippen molar-refractivity contribution in [2.75, 3.05) is 52.9 Å². The molecule has 0 aliphatic carbocycles. The van der Waals surface area contributed by atoms with Crippen LogP contribution in [0.15, 0.2) is 30.3 Å². The van der Waals surface area contributed by atoms with Crippen molar-refractivity contribution < 1.29 is 28.4 Å². The van der Waals surface area contributed by atoms with Crippen molar-refractivity contribution in [3.63, 3.8) is 0 Å². The van der Waals surface area contributed by atoms with Gasteiger partial charge in [0.2, 0.25) is 0 Å².